The van der Waals surface area contributed by atoms with Crippen LogP contribution >= 0.6 is 0 Å². The predicted molar refractivity (Wildman–Crippen MR) is 82.6 cm³/mol. The summed E-state index contributed by atoms with van der Waals surface area (Å²) in [6, 6.07) is 5.32. The van der Waals surface area contributed by atoms with Crippen LogP contribution < -0.4 is 15.0 Å². The lowest BCUT2D eigenvalue weighted by Gasteiger charge is -2.30. The molecule has 5 nitrogen and oxygen atoms in total. The Balaban J connectivity index is 2.27. The van der Waals surface area contributed by atoms with Crippen LogP contribution in [0.1, 0.15) is 26.7 Å². The summed E-state index contributed by atoms with van der Waals surface area (Å²) in [7, 11) is 0. The molecular formula is C16H20N2O3. The maximum absolute atomic E-state index is 12.0. The molecule has 1 aromatic rings. The van der Waals surface area contributed by atoms with Crippen LogP contribution in [0.25, 0.3) is 0 Å². The number of fused-ring (bicyclic) bond motifs is 1. The van der Waals surface area contributed by atoms with Crippen molar-refractivity contribution in [3.63, 3.8) is 0 Å². The van der Waals surface area contributed by atoms with Crippen LogP contribution in [0.3, 0.4) is 0 Å². The van der Waals surface area contributed by atoms with Gasteiger partial charge in [0.2, 0.25) is 5.91 Å². The van der Waals surface area contributed by atoms with Crippen LogP contribution in [0.4, 0.5) is 11.4 Å². The molecule has 1 aliphatic heterocycles. The van der Waals surface area contributed by atoms with Crippen LogP contribution in [-0.2, 0) is 9.59 Å². The number of rotatable bonds is 5. The first-order valence-corrected chi connectivity index (χ1v) is 7.02. The molecule has 1 aromatic carbocycles. The minimum atomic E-state index is -0.109. The quantitative estimate of drug-likeness (QED) is 0.847. The highest BCUT2D eigenvalue weighted by Gasteiger charge is 2.25. The number of hydrogen-bond donors (Lipinski definition) is 1. The summed E-state index contributed by atoms with van der Waals surface area (Å²) in [4.78, 5) is 25.3. The van der Waals surface area contributed by atoms with Gasteiger partial charge in [-0.1, -0.05) is 19.1 Å². The molecule has 21 heavy (non-hydrogen) atoms. The Morgan fingerprint density at radius 1 is 1.48 bits per heavy atom. The third kappa shape index (κ3) is 3.62. The second-order valence-electron chi connectivity index (χ2n) is 5.21. The highest BCUT2D eigenvalue weighted by Crippen LogP contribution is 2.34. The summed E-state index contributed by atoms with van der Waals surface area (Å²) in [5.74, 6) is 0.499. The van der Waals surface area contributed by atoms with Crippen molar-refractivity contribution in [1.29, 1.82) is 0 Å². The molecule has 0 aliphatic carbocycles. The third-order valence-electron chi connectivity index (χ3n) is 3.09. The minimum Gasteiger partial charge on any atom is -0.482 e. The van der Waals surface area contributed by atoms with Crippen molar-refractivity contribution in [2.75, 3.05) is 23.4 Å². The number of amides is 2. The topological polar surface area (TPSA) is 58.6 Å². The van der Waals surface area contributed by atoms with Gasteiger partial charge in [0, 0.05) is 18.7 Å². The molecule has 112 valence electrons. The van der Waals surface area contributed by atoms with Crippen molar-refractivity contribution in [2.45, 2.75) is 26.7 Å². The molecule has 1 heterocycles. The fourth-order valence-electron chi connectivity index (χ4n) is 2.17. The van der Waals surface area contributed by atoms with E-state index in [0.29, 0.717) is 30.1 Å². The van der Waals surface area contributed by atoms with Crippen molar-refractivity contribution in [3.05, 3.63) is 30.4 Å². The molecule has 0 atom stereocenters. The Labute approximate surface area is 124 Å². The number of hydrogen-bond acceptors (Lipinski definition) is 3. The van der Waals surface area contributed by atoms with E-state index in [2.05, 4.69) is 11.9 Å². The molecule has 5 heteroatoms. The average molecular weight is 288 g/mol. The van der Waals surface area contributed by atoms with Gasteiger partial charge in [-0.2, -0.15) is 0 Å². The summed E-state index contributed by atoms with van der Waals surface area (Å²) in [5, 5.41) is 2.83. The van der Waals surface area contributed by atoms with Gasteiger partial charge in [0.05, 0.1) is 5.69 Å². The van der Waals surface area contributed by atoms with Gasteiger partial charge in [0.25, 0.3) is 5.91 Å². The smallest absolute Gasteiger partial charge is 0.265 e. The largest absolute Gasteiger partial charge is 0.482 e. The number of nitrogens with one attached hydrogen (secondary N) is 1. The number of anilines is 2. The summed E-state index contributed by atoms with van der Waals surface area (Å²) in [5.41, 5.74) is 2.22. The van der Waals surface area contributed by atoms with E-state index in [-0.39, 0.29) is 18.4 Å². The van der Waals surface area contributed by atoms with Gasteiger partial charge in [-0.05, 0) is 31.5 Å². The molecule has 0 saturated carbocycles. The van der Waals surface area contributed by atoms with Gasteiger partial charge in [-0.25, -0.2) is 0 Å². The van der Waals surface area contributed by atoms with Crippen LogP contribution in [0, 0.1) is 0 Å². The van der Waals surface area contributed by atoms with Gasteiger partial charge < -0.3 is 15.0 Å². The molecule has 1 N–H and O–H groups in total. The number of ether oxygens (including phenoxy) is 1. The van der Waals surface area contributed by atoms with E-state index >= 15 is 0 Å². The Hall–Kier alpha value is -2.30. The Morgan fingerprint density at radius 2 is 2.24 bits per heavy atom. The average Bonchev–Trinajstić information content (AvgIpc) is 2.42. The number of carbonyl (C=O) groups is 2. The van der Waals surface area contributed by atoms with Gasteiger partial charge in [-0.3, -0.25) is 9.59 Å². The van der Waals surface area contributed by atoms with E-state index in [4.69, 9.17) is 4.74 Å². The van der Waals surface area contributed by atoms with Crippen LogP contribution in [-0.4, -0.2) is 25.0 Å². The molecule has 0 bridgehead atoms. The molecule has 0 spiro atoms. The zero-order chi connectivity index (χ0) is 15.4. The summed E-state index contributed by atoms with van der Waals surface area (Å²) in [6.07, 6.45) is 1.27. The molecule has 0 aromatic heterocycles. The minimum absolute atomic E-state index is 0.0296. The van der Waals surface area contributed by atoms with Crippen molar-refractivity contribution in [2.24, 2.45) is 0 Å². The van der Waals surface area contributed by atoms with Gasteiger partial charge in [0.1, 0.15) is 5.75 Å². The predicted octanol–water partition coefficient (Wildman–Crippen LogP) is 2.73. The first-order valence-electron chi connectivity index (χ1n) is 7.02. The fourth-order valence-corrected chi connectivity index (χ4v) is 2.17. The lowest BCUT2D eigenvalue weighted by molar-refractivity contribution is -0.121. The van der Waals surface area contributed by atoms with Crippen molar-refractivity contribution >= 4 is 23.2 Å². The van der Waals surface area contributed by atoms with E-state index < -0.39 is 0 Å². The fraction of sp³-hybridized carbons (Fsp3) is 0.375. The first kappa shape index (κ1) is 15.1. The normalized spacial score (nSPS) is 13.4. The van der Waals surface area contributed by atoms with E-state index in [1.54, 1.807) is 23.1 Å². The number of nitrogens with zero attached hydrogens (tertiary/aromatic N) is 1. The Bertz CT molecular complexity index is 581. The summed E-state index contributed by atoms with van der Waals surface area (Å²) in [6.45, 7) is 8.15. The third-order valence-corrected chi connectivity index (χ3v) is 3.09. The summed E-state index contributed by atoms with van der Waals surface area (Å²) >= 11 is 0. The van der Waals surface area contributed by atoms with Gasteiger partial charge >= 0.3 is 0 Å². The van der Waals surface area contributed by atoms with Crippen LogP contribution in [0.5, 0.6) is 5.75 Å². The maximum atomic E-state index is 12.0. The van der Waals surface area contributed by atoms with E-state index in [9.17, 15) is 9.59 Å². The Kier molecular flexibility index (Phi) is 4.62. The number of carbonyl (C=O) groups excluding carboxylic acids is 2. The second kappa shape index (κ2) is 6.43. The molecule has 2 amide bonds. The van der Waals surface area contributed by atoms with Gasteiger partial charge in [0.15, 0.2) is 6.61 Å². The lowest BCUT2D eigenvalue weighted by Crippen LogP contribution is -2.39. The molecule has 0 unspecified atom stereocenters. The lowest BCUT2D eigenvalue weighted by atomic mass is 10.2. The molecular weight excluding hydrogens is 268 g/mol. The van der Waals surface area contributed by atoms with E-state index in [0.717, 1.165) is 12.0 Å². The van der Waals surface area contributed by atoms with E-state index in [1.807, 2.05) is 13.8 Å². The first-order chi connectivity index (χ1) is 10.0. The van der Waals surface area contributed by atoms with Crippen LogP contribution in [0.2, 0.25) is 0 Å². The molecule has 0 fully saturated rings. The van der Waals surface area contributed by atoms with Crippen molar-refractivity contribution < 1.29 is 14.3 Å². The maximum Gasteiger partial charge on any atom is 0.265 e. The highest BCUT2D eigenvalue weighted by atomic mass is 16.5. The molecule has 1 aliphatic rings. The monoisotopic (exact) mass is 288 g/mol. The van der Waals surface area contributed by atoms with E-state index in [1.165, 1.54) is 0 Å². The molecule has 0 radical (unpaired) electrons. The van der Waals surface area contributed by atoms with Crippen LogP contribution in [0.15, 0.2) is 30.4 Å². The zero-order valence-electron chi connectivity index (χ0n) is 12.4. The second-order valence-corrected chi connectivity index (χ2v) is 5.21. The molecule has 2 rings (SSSR count). The number of benzene rings is 1. The SMILES string of the molecule is C=C(C)CN1C(=O)COc2ccc(NC(=O)CCC)cc21. The Morgan fingerprint density at radius 3 is 2.90 bits per heavy atom. The molecule has 0 saturated heterocycles. The summed E-state index contributed by atoms with van der Waals surface area (Å²) < 4.78 is 5.42. The van der Waals surface area contributed by atoms with Gasteiger partial charge in [-0.15, -0.1) is 0 Å². The highest BCUT2D eigenvalue weighted by molar-refractivity contribution is 5.99. The zero-order valence-corrected chi connectivity index (χ0v) is 12.4. The van der Waals surface area contributed by atoms with Crippen molar-refractivity contribution in [1.82, 2.24) is 0 Å². The van der Waals surface area contributed by atoms with Crippen molar-refractivity contribution in [3.8, 4) is 5.75 Å². The standard InChI is InChI=1S/C16H20N2O3/c1-4-5-15(19)17-12-6-7-14-13(8-12)18(9-11(2)3)16(20)10-21-14/h6-8H,2,4-5,9-10H2,1,3H3,(H,17,19).